The van der Waals surface area contributed by atoms with Crippen molar-refractivity contribution in [1.82, 2.24) is 9.97 Å². The lowest BCUT2D eigenvalue weighted by Gasteiger charge is -2.28. The third-order valence-corrected chi connectivity index (χ3v) is 3.79. The van der Waals surface area contributed by atoms with Crippen LogP contribution in [0.4, 0.5) is 17.3 Å². The molecule has 0 spiro atoms. The number of hydrogen-bond donors (Lipinski definition) is 0. The average molecular weight is 254 g/mol. The Morgan fingerprint density at radius 1 is 1.11 bits per heavy atom. The Kier molecular flexibility index (Phi) is 2.85. The number of nitrogens with zero attached hydrogens (tertiary/aromatic N) is 4. The third kappa shape index (κ3) is 1.75. The van der Waals surface area contributed by atoms with Gasteiger partial charge in [0.2, 0.25) is 0 Å². The molecule has 0 bridgehead atoms. The summed E-state index contributed by atoms with van der Waals surface area (Å²) in [5.41, 5.74) is 2.56. The number of benzene rings is 1. The molecule has 2 aromatic rings. The molecule has 4 nitrogen and oxygen atoms in total. The Labute approximate surface area is 113 Å². The number of rotatable bonds is 2. The van der Waals surface area contributed by atoms with E-state index >= 15 is 0 Å². The Morgan fingerprint density at radius 3 is 2.53 bits per heavy atom. The van der Waals surface area contributed by atoms with Gasteiger partial charge >= 0.3 is 0 Å². The number of aromatic nitrogens is 2. The molecule has 0 saturated heterocycles. The van der Waals surface area contributed by atoms with Crippen LogP contribution >= 0.6 is 0 Å². The molecule has 1 atom stereocenters. The van der Waals surface area contributed by atoms with Gasteiger partial charge in [0, 0.05) is 25.1 Å². The van der Waals surface area contributed by atoms with Crippen molar-refractivity contribution in [3.63, 3.8) is 0 Å². The van der Waals surface area contributed by atoms with Gasteiger partial charge in [-0.15, -0.1) is 0 Å². The monoisotopic (exact) mass is 254 g/mol. The first-order valence-electron chi connectivity index (χ1n) is 6.65. The Hall–Kier alpha value is -2.10. The molecule has 1 unspecified atom stereocenters. The van der Waals surface area contributed by atoms with Gasteiger partial charge in [-0.2, -0.15) is 0 Å². The lowest BCUT2D eigenvalue weighted by atomic mass is 10.1. The second-order valence-corrected chi connectivity index (χ2v) is 4.80. The summed E-state index contributed by atoms with van der Waals surface area (Å²) in [6.45, 7) is 4.36. The molecule has 98 valence electrons. The lowest BCUT2D eigenvalue weighted by molar-refractivity contribution is 0.724. The zero-order valence-corrected chi connectivity index (χ0v) is 11.5. The van der Waals surface area contributed by atoms with Gasteiger partial charge in [-0.05, 0) is 25.0 Å². The highest BCUT2D eigenvalue weighted by Crippen LogP contribution is 2.41. The van der Waals surface area contributed by atoms with E-state index in [2.05, 4.69) is 64.9 Å². The molecule has 0 aliphatic carbocycles. The van der Waals surface area contributed by atoms with Crippen LogP contribution in [0.5, 0.6) is 0 Å². The summed E-state index contributed by atoms with van der Waals surface area (Å²) >= 11 is 0. The van der Waals surface area contributed by atoms with Crippen LogP contribution in [0.25, 0.3) is 0 Å². The zero-order chi connectivity index (χ0) is 13.4. The Bertz CT molecular complexity index is 596. The minimum Gasteiger partial charge on any atom is -0.336 e. The highest BCUT2D eigenvalue weighted by atomic mass is 15.5. The van der Waals surface area contributed by atoms with E-state index in [1.165, 1.54) is 11.3 Å². The van der Waals surface area contributed by atoms with Crippen LogP contribution in [0.15, 0.2) is 36.7 Å². The first-order valence-corrected chi connectivity index (χ1v) is 6.65. The number of fused-ring (bicyclic) bond motifs is 1. The predicted molar refractivity (Wildman–Crippen MR) is 77.9 cm³/mol. The molecule has 0 N–H and O–H groups in total. The van der Waals surface area contributed by atoms with Crippen LogP contribution in [0, 0.1) is 0 Å². The van der Waals surface area contributed by atoms with Gasteiger partial charge < -0.3 is 9.80 Å². The van der Waals surface area contributed by atoms with Gasteiger partial charge in [0.1, 0.15) is 6.17 Å². The van der Waals surface area contributed by atoms with Crippen molar-refractivity contribution >= 4 is 17.3 Å². The van der Waals surface area contributed by atoms with Crippen LogP contribution in [-0.2, 0) is 6.42 Å². The highest BCUT2D eigenvalue weighted by molar-refractivity contribution is 5.78. The number of hydrogen-bond acceptors (Lipinski definition) is 4. The summed E-state index contributed by atoms with van der Waals surface area (Å²) in [7, 11) is 2.06. The number of aryl methyl sites for hydroxylation is 1. The lowest BCUT2D eigenvalue weighted by Crippen LogP contribution is -2.36. The summed E-state index contributed by atoms with van der Waals surface area (Å²) in [5, 5.41) is 0. The molecule has 1 aliphatic rings. The summed E-state index contributed by atoms with van der Waals surface area (Å²) in [5.74, 6) is 1.89. The standard InChI is InChI=1S/C15H18N4/c1-4-12-7-5-6-8-13(12)19-11(2)18(3)14-15(19)17-10-9-16-14/h5-11H,4H2,1-3H3. The smallest absolute Gasteiger partial charge is 0.178 e. The molecule has 1 aromatic heterocycles. The number of anilines is 3. The van der Waals surface area contributed by atoms with Gasteiger partial charge in [0.15, 0.2) is 11.6 Å². The normalized spacial score (nSPS) is 17.7. The molecule has 1 aromatic carbocycles. The maximum absolute atomic E-state index is 4.52. The van der Waals surface area contributed by atoms with Crippen molar-refractivity contribution in [2.45, 2.75) is 26.4 Å². The predicted octanol–water partition coefficient (Wildman–Crippen LogP) is 2.97. The van der Waals surface area contributed by atoms with E-state index in [9.17, 15) is 0 Å². The first kappa shape index (κ1) is 12.0. The third-order valence-electron chi connectivity index (χ3n) is 3.79. The first-order chi connectivity index (χ1) is 9.24. The van der Waals surface area contributed by atoms with Crippen molar-refractivity contribution in [3.8, 4) is 0 Å². The van der Waals surface area contributed by atoms with E-state index in [1.54, 1.807) is 12.4 Å². The van der Waals surface area contributed by atoms with Crippen molar-refractivity contribution < 1.29 is 0 Å². The van der Waals surface area contributed by atoms with Crippen LogP contribution in [0.2, 0.25) is 0 Å². The summed E-state index contributed by atoms with van der Waals surface area (Å²) in [6.07, 6.45) is 4.74. The molecule has 2 heterocycles. The molecule has 0 saturated carbocycles. The Morgan fingerprint density at radius 2 is 1.79 bits per heavy atom. The molecular formula is C15H18N4. The van der Waals surface area contributed by atoms with E-state index in [1.807, 2.05) is 0 Å². The molecule has 3 rings (SSSR count). The molecule has 0 radical (unpaired) electrons. The van der Waals surface area contributed by atoms with Crippen LogP contribution < -0.4 is 9.80 Å². The van der Waals surface area contributed by atoms with Gasteiger partial charge in [-0.1, -0.05) is 25.1 Å². The summed E-state index contributed by atoms with van der Waals surface area (Å²) < 4.78 is 0. The van der Waals surface area contributed by atoms with E-state index in [0.717, 1.165) is 18.1 Å². The molecular weight excluding hydrogens is 236 g/mol. The second kappa shape index (κ2) is 4.53. The molecule has 19 heavy (non-hydrogen) atoms. The van der Waals surface area contributed by atoms with E-state index in [-0.39, 0.29) is 6.17 Å². The van der Waals surface area contributed by atoms with Crippen LogP contribution in [0.1, 0.15) is 19.4 Å². The van der Waals surface area contributed by atoms with Gasteiger partial charge in [-0.25, -0.2) is 9.97 Å². The van der Waals surface area contributed by atoms with E-state index in [0.29, 0.717) is 0 Å². The maximum atomic E-state index is 4.52. The second-order valence-electron chi connectivity index (χ2n) is 4.80. The zero-order valence-electron chi connectivity index (χ0n) is 11.5. The SMILES string of the molecule is CCc1ccccc1N1c2nccnc2N(C)C1C. The van der Waals surface area contributed by atoms with Gasteiger partial charge in [0.05, 0.1) is 0 Å². The van der Waals surface area contributed by atoms with Gasteiger partial charge in [-0.3, -0.25) is 0 Å². The van der Waals surface area contributed by atoms with Gasteiger partial charge in [0.25, 0.3) is 0 Å². The largest absolute Gasteiger partial charge is 0.336 e. The number of para-hydroxylation sites is 1. The van der Waals surface area contributed by atoms with Crippen molar-refractivity contribution in [2.75, 3.05) is 16.8 Å². The average Bonchev–Trinajstić information content (AvgIpc) is 2.71. The van der Waals surface area contributed by atoms with Crippen molar-refractivity contribution in [3.05, 3.63) is 42.2 Å². The van der Waals surface area contributed by atoms with Crippen LogP contribution in [-0.4, -0.2) is 23.2 Å². The minimum absolute atomic E-state index is 0.227. The summed E-state index contributed by atoms with van der Waals surface area (Å²) in [4.78, 5) is 13.4. The quantitative estimate of drug-likeness (QED) is 0.824. The van der Waals surface area contributed by atoms with Crippen molar-refractivity contribution in [1.29, 1.82) is 0 Å². The molecule has 1 aliphatic heterocycles. The maximum Gasteiger partial charge on any atom is 0.178 e. The fourth-order valence-corrected chi connectivity index (χ4v) is 2.63. The molecule has 0 fully saturated rings. The molecule has 4 heteroatoms. The van der Waals surface area contributed by atoms with E-state index < -0.39 is 0 Å². The van der Waals surface area contributed by atoms with E-state index in [4.69, 9.17) is 0 Å². The fraction of sp³-hybridized carbons (Fsp3) is 0.333. The summed E-state index contributed by atoms with van der Waals surface area (Å²) in [6, 6.07) is 8.50. The fourth-order valence-electron chi connectivity index (χ4n) is 2.63. The minimum atomic E-state index is 0.227. The highest BCUT2D eigenvalue weighted by Gasteiger charge is 2.34. The Balaban J connectivity index is 2.15. The molecule has 0 amide bonds. The van der Waals surface area contributed by atoms with Crippen molar-refractivity contribution in [2.24, 2.45) is 0 Å². The van der Waals surface area contributed by atoms with Crippen LogP contribution in [0.3, 0.4) is 0 Å². The topological polar surface area (TPSA) is 32.3 Å².